The molecule has 0 atom stereocenters. The van der Waals surface area contributed by atoms with Crippen molar-refractivity contribution in [3.05, 3.63) is 66.7 Å². The van der Waals surface area contributed by atoms with E-state index in [2.05, 4.69) is 9.97 Å². The number of H-pyrrole nitrogens is 1. The zero-order valence-electron chi connectivity index (χ0n) is 11.5. The van der Waals surface area contributed by atoms with Gasteiger partial charge >= 0.3 is 0 Å². The Morgan fingerprint density at radius 1 is 0.762 bits per heavy atom. The topological polar surface area (TPSA) is 80.7 Å². The SMILES string of the molecule is Nc1cc2ccccc2[nH]1.Nc1ccc2ccccc2n1. The zero-order valence-corrected chi connectivity index (χ0v) is 11.5. The van der Waals surface area contributed by atoms with Gasteiger partial charge in [0.05, 0.1) is 5.52 Å². The molecule has 21 heavy (non-hydrogen) atoms. The summed E-state index contributed by atoms with van der Waals surface area (Å²) < 4.78 is 0. The molecule has 0 unspecified atom stereocenters. The highest BCUT2D eigenvalue weighted by Crippen LogP contribution is 2.15. The Morgan fingerprint density at radius 3 is 2.29 bits per heavy atom. The van der Waals surface area contributed by atoms with E-state index in [0.29, 0.717) is 5.82 Å². The van der Waals surface area contributed by atoms with Crippen LogP contribution in [0.1, 0.15) is 0 Å². The van der Waals surface area contributed by atoms with Crippen LogP contribution < -0.4 is 11.5 Å². The maximum Gasteiger partial charge on any atom is 0.124 e. The lowest BCUT2D eigenvalue weighted by molar-refractivity contribution is 1.42. The Hall–Kier alpha value is -3.01. The third-order valence-electron chi connectivity index (χ3n) is 3.17. The van der Waals surface area contributed by atoms with Crippen LogP contribution in [0.15, 0.2) is 66.7 Å². The number of rotatable bonds is 0. The molecule has 4 aromatic rings. The second kappa shape index (κ2) is 5.54. The average molecular weight is 276 g/mol. The zero-order chi connectivity index (χ0) is 14.7. The van der Waals surface area contributed by atoms with Crippen LogP contribution in [0.25, 0.3) is 21.8 Å². The number of fused-ring (bicyclic) bond motifs is 2. The minimum atomic E-state index is 0.573. The van der Waals surface area contributed by atoms with Crippen LogP contribution in [-0.4, -0.2) is 9.97 Å². The molecule has 0 spiro atoms. The number of nitrogens with two attached hydrogens (primary N) is 2. The van der Waals surface area contributed by atoms with Gasteiger partial charge in [-0.3, -0.25) is 0 Å². The number of para-hydroxylation sites is 2. The van der Waals surface area contributed by atoms with Crippen molar-refractivity contribution in [1.29, 1.82) is 0 Å². The van der Waals surface area contributed by atoms with Crippen molar-refractivity contribution >= 4 is 33.4 Å². The first kappa shape index (κ1) is 13.0. The number of hydrogen-bond donors (Lipinski definition) is 3. The van der Waals surface area contributed by atoms with Crippen molar-refractivity contribution in [2.75, 3.05) is 11.5 Å². The van der Waals surface area contributed by atoms with Gasteiger partial charge in [0.1, 0.15) is 11.6 Å². The summed E-state index contributed by atoms with van der Waals surface area (Å²) in [6.07, 6.45) is 0. The maximum absolute atomic E-state index is 5.54. The van der Waals surface area contributed by atoms with Crippen LogP contribution in [0.2, 0.25) is 0 Å². The summed E-state index contributed by atoms with van der Waals surface area (Å²) in [6, 6.07) is 21.6. The number of anilines is 2. The van der Waals surface area contributed by atoms with Crippen molar-refractivity contribution in [3.8, 4) is 0 Å². The summed E-state index contributed by atoms with van der Waals surface area (Å²) in [6.45, 7) is 0. The number of hydrogen-bond acceptors (Lipinski definition) is 3. The fraction of sp³-hybridized carbons (Fsp3) is 0. The maximum atomic E-state index is 5.54. The molecule has 0 aliphatic heterocycles. The third kappa shape index (κ3) is 2.95. The van der Waals surface area contributed by atoms with E-state index >= 15 is 0 Å². The van der Waals surface area contributed by atoms with Gasteiger partial charge in [-0.05, 0) is 30.3 Å². The number of nitrogens with one attached hydrogen (secondary N) is 1. The standard InChI is InChI=1S/C9H8N2.C8H8N2/c10-9-6-5-7-3-1-2-4-8(7)11-9;9-8-5-6-3-1-2-4-7(6)10-8/h1-6H,(H2,10,11);1-5,10H,9H2. The molecule has 0 fully saturated rings. The smallest absolute Gasteiger partial charge is 0.124 e. The second-order valence-electron chi connectivity index (χ2n) is 4.74. The van der Waals surface area contributed by atoms with Gasteiger partial charge in [0.25, 0.3) is 0 Å². The molecule has 5 N–H and O–H groups in total. The summed E-state index contributed by atoms with van der Waals surface area (Å²) in [5, 5.41) is 2.29. The van der Waals surface area contributed by atoms with Gasteiger partial charge in [-0.15, -0.1) is 0 Å². The molecule has 0 radical (unpaired) electrons. The van der Waals surface area contributed by atoms with E-state index in [1.54, 1.807) is 0 Å². The van der Waals surface area contributed by atoms with Crippen LogP contribution in [0.4, 0.5) is 11.6 Å². The van der Waals surface area contributed by atoms with Gasteiger partial charge in [-0.25, -0.2) is 4.98 Å². The minimum Gasteiger partial charge on any atom is -0.385 e. The third-order valence-corrected chi connectivity index (χ3v) is 3.17. The highest BCUT2D eigenvalue weighted by Gasteiger charge is 1.93. The van der Waals surface area contributed by atoms with Crippen LogP contribution in [0.5, 0.6) is 0 Å². The summed E-state index contributed by atoms with van der Waals surface area (Å²) in [7, 11) is 0. The number of nitrogen functional groups attached to an aromatic ring is 2. The van der Waals surface area contributed by atoms with E-state index in [4.69, 9.17) is 11.5 Å². The van der Waals surface area contributed by atoms with Crippen molar-refractivity contribution in [2.24, 2.45) is 0 Å². The van der Waals surface area contributed by atoms with Crippen LogP contribution in [-0.2, 0) is 0 Å². The Kier molecular flexibility index (Phi) is 3.43. The molecule has 0 amide bonds. The number of aromatic nitrogens is 2. The summed E-state index contributed by atoms with van der Waals surface area (Å²) >= 11 is 0. The van der Waals surface area contributed by atoms with Crippen LogP contribution in [0, 0.1) is 0 Å². The molecule has 104 valence electrons. The largest absolute Gasteiger partial charge is 0.385 e. The van der Waals surface area contributed by atoms with E-state index in [1.165, 1.54) is 5.39 Å². The molecule has 0 aliphatic rings. The van der Waals surface area contributed by atoms with Gasteiger partial charge in [-0.2, -0.15) is 0 Å². The van der Waals surface area contributed by atoms with Crippen molar-refractivity contribution in [3.63, 3.8) is 0 Å². The number of benzene rings is 2. The molecule has 2 aromatic carbocycles. The van der Waals surface area contributed by atoms with Gasteiger partial charge < -0.3 is 16.5 Å². The van der Waals surface area contributed by atoms with Crippen molar-refractivity contribution in [2.45, 2.75) is 0 Å². The van der Waals surface area contributed by atoms with Gasteiger partial charge in [0.2, 0.25) is 0 Å². The molecule has 2 heterocycles. The van der Waals surface area contributed by atoms with E-state index in [9.17, 15) is 0 Å². The Bertz CT molecular complexity index is 847. The van der Waals surface area contributed by atoms with E-state index < -0.39 is 0 Å². The molecule has 0 saturated heterocycles. The van der Waals surface area contributed by atoms with Crippen molar-refractivity contribution in [1.82, 2.24) is 9.97 Å². The molecule has 0 bridgehead atoms. The normalized spacial score (nSPS) is 10.3. The molecule has 0 saturated carbocycles. The number of pyridine rings is 1. The van der Waals surface area contributed by atoms with E-state index in [0.717, 1.165) is 22.2 Å². The molecule has 4 nitrogen and oxygen atoms in total. The fourth-order valence-electron chi connectivity index (χ4n) is 2.18. The molecular weight excluding hydrogens is 260 g/mol. The number of aromatic amines is 1. The Labute approximate surface area is 122 Å². The van der Waals surface area contributed by atoms with Gasteiger partial charge in [0, 0.05) is 16.3 Å². The summed E-state index contributed by atoms with van der Waals surface area (Å²) in [5.41, 5.74) is 13.1. The quantitative estimate of drug-likeness (QED) is 0.459. The first-order valence-electron chi connectivity index (χ1n) is 6.67. The predicted octanol–water partition coefficient (Wildman–Crippen LogP) is 3.57. The molecule has 0 aliphatic carbocycles. The lowest BCUT2D eigenvalue weighted by Gasteiger charge is -1.95. The number of nitrogens with zero attached hydrogens (tertiary/aromatic N) is 1. The average Bonchev–Trinajstić information content (AvgIpc) is 2.88. The van der Waals surface area contributed by atoms with E-state index in [-0.39, 0.29) is 0 Å². The molecule has 2 aromatic heterocycles. The first-order chi connectivity index (χ1) is 10.2. The van der Waals surface area contributed by atoms with E-state index in [1.807, 2.05) is 66.7 Å². The predicted molar refractivity (Wildman–Crippen MR) is 88.9 cm³/mol. The van der Waals surface area contributed by atoms with Gasteiger partial charge in [0.15, 0.2) is 0 Å². The molecular formula is C17H16N4. The molecule has 4 rings (SSSR count). The lowest BCUT2D eigenvalue weighted by atomic mass is 10.2. The Balaban J connectivity index is 0.000000126. The summed E-state index contributed by atoms with van der Waals surface area (Å²) in [5.74, 6) is 1.30. The highest BCUT2D eigenvalue weighted by atomic mass is 14.8. The van der Waals surface area contributed by atoms with Gasteiger partial charge in [-0.1, -0.05) is 36.4 Å². The first-order valence-corrected chi connectivity index (χ1v) is 6.67. The minimum absolute atomic E-state index is 0.573. The van der Waals surface area contributed by atoms with Crippen molar-refractivity contribution < 1.29 is 0 Å². The summed E-state index contributed by atoms with van der Waals surface area (Å²) in [4.78, 5) is 7.19. The molecule has 4 heteroatoms. The fourth-order valence-corrected chi connectivity index (χ4v) is 2.18. The highest BCUT2D eigenvalue weighted by molar-refractivity contribution is 5.83. The second-order valence-corrected chi connectivity index (χ2v) is 4.74. The lowest BCUT2D eigenvalue weighted by Crippen LogP contribution is -1.88. The van der Waals surface area contributed by atoms with Crippen LogP contribution in [0.3, 0.4) is 0 Å². The Morgan fingerprint density at radius 2 is 1.48 bits per heavy atom. The van der Waals surface area contributed by atoms with Crippen LogP contribution >= 0.6 is 0 Å². The monoisotopic (exact) mass is 276 g/mol.